The second-order valence-electron chi connectivity index (χ2n) is 6.96. The zero-order valence-corrected chi connectivity index (χ0v) is 15.9. The van der Waals surface area contributed by atoms with Gasteiger partial charge < -0.3 is 14.6 Å². The molecular formula is C24H28O3. The van der Waals surface area contributed by atoms with Crippen LogP contribution in [0.15, 0.2) is 60.7 Å². The van der Waals surface area contributed by atoms with Crippen molar-refractivity contribution in [3.8, 4) is 11.5 Å². The van der Waals surface area contributed by atoms with Crippen LogP contribution in [0.5, 0.6) is 11.5 Å². The van der Waals surface area contributed by atoms with Gasteiger partial charge in [-0.3, -0.25) is 0 Å². The Labute approximate surface area is 162 Å². The van der Waals surface area contributed by atoms with E-state index in [1.807, 2.05) is 67.6 Å². The quantitative estimate of drug-likeness (QED) is 0.470. The summed E-state index contributed by atoms with van der Waals surface area (Å²) in [4.78, 5) is 0. The molecule has 0 heterocycles. The summed E-state index contributed by atoms with van der Waals surface area (Å²) in [6, 6.07) is 15.1. The summed E-state index contributed by atoms with van der Waals surface area (Å²) < 4.78 is 11.9. The fourth-order valence-corrected chi connectivity index (χ4v) is 3.27. The van der Waals surface area contributed by atoms with Crippen LogP contribution in [-0.4, -0.2) is 17.5 Å². The minimum atomic E-state index is -0.220. The molecule has 0 spiro atoms. The molecule has 3 nitrogen and oxygen atoms in total. The molecule has 27 heavy (non-hydrogen) atoms. The molecular weight excluding hydrogens is 336 g/mol. The van der Waals surface area contributed by atoms with Crippen molar-refractivity contribution >= 4 is 12.2 Å². The highest BCUT2D eigenvalue weighted by molar-refractivity contribution is 5.57. The van der Waals surface area contributed by atoms with Gasteiger partial charge in [-0.25, -0.2) is 0 Å². The van der Waals surface area contributed by atoms with E-state index in [1.165, 1.54) is 19.3 Å². The van der Waals surface area contributed by atoms with Gasteiger partial charge in [0.15, 0.2) is 6.29 Å². The van der Waals surface area contributed by atoms with Gasteiger partial charge in [-0.1, -0.05) is 67.8 Å². The molecule has 3 heteroatoms. The number of phenols is 1. The van der Waals surface area contributed by atoms with Crippen molar-refractivity contribution in [1.82, 2.24) is 0 Å². The third-order valence-electron chi connectivity index (χ3n) is 4.70. The molecule has 1 saturated carbocycles. The van der Waals surface area contributed by atoms with E-state index in [4.69, 9.17) is 9.47 Å². The van der Waals surface area contributed by atoms with E-state index in [1.54, 1.807) is 12.1 Å². The topological polar surface area (TPSA) is 38.7 Å². The Morgan fingerprint density at radius 3 is 2.00 bits per heavy atom. The van der Waals surface area contributed by atoms with Gasteiger partial charge in [0, 0.05) is 0 Å². The summed E-state index contributed by atoms with van der Waals surface area (Å²) in [7, 11) is 0. The highest BCUT2D eigenvalue weighted by Gasteiger charge is 2.17. The van der Waals surface area contributed by atoms with Crippen LogP contribution in [0.3, 0.4) is 0 Å². The molecule has 0 aliphatic heterocycles. The second kappa shape index (κ2) is 9.98. The maximum absolute atomic E-state index is 9.28. The van der Waals surface area contributed by atoms with E-state index in [0.29, 0.717) is 6.10 Å². The van der Waals surface area contributed by atoms with Gasteiger partial charge in [0.2, 0.25) is 0 Å². The summed E-state index contributed by atoms with van der Waals surface area (Å²) in [5.74, 6) is 1.11. The van der Waals surface area contributed by atoms with Gasteiger partial charge in [-0.05, 0) is 55.2 Å². The Morgan fingerprint density at radius 2 is 1.41 bits per heavy atom. The first-order valence-corrected chi connectivity index (χ1v) is 9.75. The highest BCUT2D eigenvalue weighted by Crippen LogP contribution is 2.23. The van der Waals surface area contributed by atoms with E-state index in [2.05, 4.69) is 0 Å². The van der Waals surface area contributed by atoms with Crippen LogP contribution in [0.25, 0.3) is 12.2 Å². The van der Waals surface area contributed by atoms with Crippen molar-refractivity contribution in [1.29, 1.82) is 0 Å². The fourth-order valence-electron chi connectivity index (χ4n) is 3.27. The number of ether oxygens (including phenoxy) is 2. The van der Waals surface area contributed by atoms with E-state index in [9.17, 15) is 5.11 Å². The van der Waals surface area contributed by atoms with E-state index >= 15 is 0 Å². The third-order valence-corrected chi connectivity index (χ3v) is 4.70. The predicted octanol–water partition coefficient (Wildman–Crippen LogP) is 6.19. The van der Waals surface area contributed by atoms with Gasteiger partial charge in [0.25, 0.3) is 0 Å². The lowest BCUT2D eigenvalue weighted by Gasteiger charge is -2.26. The SMILES string of the molecule is CC(Oc1ccc(C=CC=Cc2ccc(O)cc2)cc1)OC1CCCCC1. The smallest absolute Gasteiger partial charge is 0.197 e. The van der Waals surface area contributed by atoms with Crippen LogP contribution in [0.1, 0.15) is 50.2 Å². The minimum absolute atomic E-state index is 0.220. The van der Waals surface area contributed by atoms with Crippen LogP contribution in [-0.2, 0) is 4.74 Å². The van der Waals surface area contributed by atoms with Crippen molar-refractivity contribution in [2.75, 3.05) is 0 Å². The molecule has 142 valence electrons. The molecule has 1 aliphatic carbocycles. The fraction of sp³-hybridized carbons (Fsp3) is 0.333. The molecule has 1 unspecified atom stereocenters. The maximum atomic E-state index is 9.28. The molecule has 0 bridgehead atoms. The third kappa shape index (κ3) is 6.61. The molecule has 1 N–H and O–H groups in total. The molecule has 2 aromatic carbocycles. The van der Waals surface area contributed by atoms with Crippen LogP contribution < -0.4 is 4.74 Å². The molecule has 0 saturated heterocycles. The second-order valence-corrected chi connectivity index (χ2v) is 6.96. The maximum Gasteiger partial charge on any atom is 0.197 e. The van der Waals surface area contributed by atoms with E-state index in [-0.39, 0.29) is 12.0 Å². The predicted molar refractivity (Wildman–Crippen MR) is 111 cm³/mol. The average molecular weight is 364 g/mol. The largest absolute Gasteiger partial charge is 0.508 e. The number of phenolic OH excluding ortho intramolecular Hbond substituents is 1. The van der Waals surface area contributed by atoms with Gasteiger partial charge in [-0.15, -0.1) is 0 Å². The molecule has 1 aliphatic rings. The van der Waals surface area contributed by atoms with Crippen LogP contribution in [0, 0.1) is 0 Å². The van der Waals surface area contributed by atoms with Gasteiger partial charge >= 0.3 is 0 Å². The minimum Gasteiger partial charge on any atom is -0.508 e. The first-order valence-electron chi connectivity index (χ1n) is 9.75. The molecule has 1 atom stereocenters. The van der Waals surface area contributed by atoms with Gasteiger partial charge in [-0.2, -0.15) is 0 Å². The summed E-state index contributed by atoms with van der Waals surface area (Å²) >= 11 is 0. The molecule has 0 aromatic heterocycles. The molecule has 2 aromatic rings. The zero-order chi connectivity index (χ0) is 18.9. The van der Waals surface area contributed by atoms with Crippen molar-refractivity contribution in [3.63, 3.8) is 0 Å². The molecule has 0 radical (unpaired) electrons. The van der Waals surface area contributed by atoms with Crippen molar-refractivity contribution in [2.24, 2.45) is 0 Å². The van der Waals surface area contributed by atoms with Crippen LogP contribution >= 0.6 is 0 Å². The van der Waals surface area contributed by atoms with Crippen LogP contribution in [0.2, 0.25) is 0 Å². The summed E-state index contributed by atoms with van der Waals surface area (Å²) in [5, 5.41) is 9.28. The lowest BCUT2D eigenvalue weighted by molar-refractivity contribution is -0.116. The van der Waals surface area contributed by atoms with E-state index < -0.39 is 0 Å². The number of allylic oxidation sites excluding steroid dienone is 2. The Hall–Kier alpha value is -2.52. The standard InChI is InChI=1S/C24H28O3/c1-19(26-23-9-3-2-4-10-23)27-24-17-13-21(14-18-24)8-6-5-7-20-11-15-22(25)16-12-20/h5-8,11-19,23,25H,2-4,9-10H2,1H3. The monoisotopic (exact) mass is 364 g/mol. The summed E-state index contributed by atoms with van der Waals surface area (Å²) in [5.41, 5.74) is 2.16. The summed E-state index contributed by atoms with van der Waals surface area (Å²) in [6.45, 7) is 1.97. The first kappa shape index (κ1) is 19.2. The van der Waals surface area contributed by atoms with Crippen LogP contribution in [0.4, 0.5) is 0 Å². The first-order chi connectivity index (χ1) is 13.2. The number of rotatable bonds is 7. The van der Waals surface area contributed by atoms with Gasteiger partial charge in [0.1, 0.15) is 11.5 Å². The number of benzene rings is 2. The molecule has 1 fully saturated rings. The number of hydrogen-bond acceptors (Lipinski definition) is 3. The number of aromatic hydroxyl groups is 1. The van der Waals surface area contributed by atoms with Crippen molar-refractivity contribution in [3.05, 3.63) is 71.8 Å². The van der Waals surface area contributed by atoms with E-state index in [0.717, 1.165) is 29.7 Å². The van der Waals surface area contributed by atoms with Crippen molar-refractivity contribution in [2.45, 2.75) is 51.4 Å². The molecule has 3 rings (SSSR count). The highest BCUT2D eigenvalue weighted by atomic mass is 16.7. The average Bonchev–Trinajstić information content (AvgIpc) is 2.68. The Morgan fingerprint density at radius 1 is 0.852 bits per heavy atom. The summed E-state index contributed by atoms with van der Waals surface area (Å²) in [6.07, 6.45) is 14.3. The molecule has 0 amide bonds. The normalized spacial score (nSPS) is 16.8. The van der Waals surface area contributed by atoms with Crippen molar-refractivity contribution < 1.29 is 14.6 Å². The number of hydrogen-bond donors (Lipinski definition) is 1. The van der Waals surface area contributed by atoms with Gasteiger partial charge in [0.05, 0.1) is 6.10 Å². The zero-order valence-electron chi connectivity index (χ0n) is 15.9. The lowest BCUT2D eigenvalue weighted by atomic mass is 9.98. The Bertz CT molecular complexity index is 738. The Balaban J connectivity index is 1.46. The Kier molecular flexibility index (Phi) is 7.11. The lowest BCUT2D eigenvalue weighted by Crippen LogP contribution is -2.26.